The van der Waals surface area contributed by atoms with Gasteiger partial charge in [0.05, 0.1) is 6.04 Å². The Morgan fingerprint density at radius 2 is 2.06 bits per heavy atom. The number of carbonyl (C=O) groups is 1. The van der Waals surface area contributed by atoms with Gasteiger partial charge in [0.15, 0.2) is 0 Å². The van der Waals surface area contributed by atoms with Gasteiger partial charge in [-0.3, -0.25) is 0 Å². The maximum Gasteiger partial charge on any atom is 0.407 e. The first-order chi connectivity index (χ1) is 7.80. The first-order valence-corrected chi connectivity index (χ1v) is 7.11. The summed E-state index contributed by atoms with van der Waals surface area (Å²) in [6.07, 6.45) is 1.58. The molecule has 5 nitrogen and oxygen atoms in total. The second-order valence-electron chi connectivity index (χ2n) is 5.40. The molecule has 2 atom stereocenters. The quantitative estimate of drug-likeness (QED) is 0.741. The van der Waals surface area contributed by atoms with E-state index in [4.69, 9.17) is 5.11 Å². The number of nitrogens with one attached hydrogen (secondary N) is 1. The van der Waals surface area contributed by atoms with E-state index in [2.05, 4.69) is 4.72 Å². The molecule has 0 aromatic carbocycles. The zero-order chi connectivity index (χ0) is 13.1. The van der Waals surface area contributed by atoms with Crippen LogP contribution in [-0.2, 0) is 11.4 Å². The molecule has 0 aromatic rings. The van der Waals surface area contributed by atoms with Crippen LogP contribution in [0.4, 0.5) is 4.79 Å². The molecule has 2 N–H and O–H groups in total. The molecule has 0 bridgehead atoms. The third-order valence-corrected chi connectivity index (χ3v) is 4.49. The van der Waals surface area contributed by atoms with E-state index in [1.165, 1.54) is 4.90 Å². The number of likely N-dealkylation sites (tertiary alicyclic amines) is 1. The summed E-state index contributed by atoms with van der Waals surface area (Å²) in [5.74, 6) is 0. The SMILES string of the molecule is CC(C)(C)[S+]([O-])N[C@H]1CCCN(C(=O)O)CC1. The lowest BCUT2D eigenvalue weighted by molar-refractivity contribution is 0.147. The van der Waals surface area contributed by atoms with Gasteiger partial charge in [-0.25, -0.2) is 4.79 Å². The van der Waals surface area contributed by atoms with Gasteiger partial charge in [-0.1, -0.05) is 0 Å². The summed E-state index contributed by atoms with van der Waals surface area (Å²) in [6.45, 7) is 6.88. The molecule has 1 saturated heterocycles. The monoisotopic (exact) mass is 262 g/mol. The first-order valence-electron chi connectivity index (χ1n) is 5.96. The van der Waals surface area contributed by atoms with Crippen LogP contribution in [0.5, 0.6) is 0 Å². The van der Waals surface area contributed by atoms with E-state index >= 15 is 0 Å². The molecule has 1 heterocycles. The van der Waals surface area contributed by atoms with Gasteiger partial charge in [0.1, 0.15) is 4.75 Å². The summed E-state index contributed by atoms with van der Waals surface area (Å²) in [4.78, 5) is 12.3. The predicted octanol–water partition coefficient (Wildman–Crippen LogP) is 1.57. The molecule has 0 aliphatic carbocycles. The lowest BCUT2D eigenvalue weighted by Gasteiger charge is -2.27. The predicted molar refractivity (Wildman–Crippen MR) is 68.3 cm³/mol. The van der Waals surface area contributed by atoms with Crippen LogP contribution in [0, 0.1) is 0 Å². The molecule has 1 unspecified atom stereocenters. The topological polar surface area (TPSA) is 75.6 Å². The van der Waals surface area contributed by atoms with Crippen molar-refractivity contribution in [2.45, 2.75) is 50.8 Å². The van der Waals surface area contributed by atoms with Gasteiger partial charge in [0.2, 0.25) is 0 Å². The van der Waals surface area contributed by atoms with Gasteiger partial charge >= 0.3 is 6.09 Å². The number of amides is 1. The van der Waals surface area contributed by atoms with Crippen molar-refractivity contribution in [1.29, 1.82) is 0 Å². The van der Waals surface area contributed by atoms with Crippen molar-refractivity contribution in [3.8, 4) is 0 Å². The zero-order valence-corrected chi connectivity index (χ0v) is 11.5. The van der Waals surface area contributed by atoms with Crippen LogP contribution in [0.15, 0.2) is 0 Å². The highest BCUT2D eigenvalue weighted by Crippen LogP contribution is 2.18. The third kappa shape index (κ3) is 4.73. The van der Waals surface area contributed by atoms with Crippen molar-refractivity contribution in [2.24, 2.45) is 0 Å². The zero-order valence-electron chi connectivity index (χ0n) is 10.7. The second-order valence-corrected chi connectivity index (χ2v) is 7.39. The summed E-state index contributed by atoms with van der Waals surface area (Å²) in [5.41, 5.74) is 0. The van der Waals surface area contributed by atoms with Crippen molar-refractivity contribution in [3.63, 3.8) is 0 Å². The molecular weight excluding hydrogens is 240 g/mol. The molecular formula is C11H22N2O3S. The average Bonchev–Trinajstić information content (AvgIpc) is 2.41. The molecule has 1 amide bonds. The summed E-state index contributed by atoms with van der Waals surface area (Å²) in [6, 6.07) is 0.152. The second kappa shape index (κ2) is 5.93. The van der Waals surface area contributed by atoms with Crippen LogP contribution in [0.1, 0.15) is 40.0 Å². The van der Waals surface area contributed by atoms with E-state index in [0.29, 0.717) is 13.1 Å². The average molecular weight is 262 g/mol. The van der Waals surface area contributed by atoms with E-state index in [0.717, 1.165) is 19.3 Å². The van der Waals surface area contributed by atoms with Crippen molar-refractivity contribution in [3.05, 3.63) is 0 Å². The van der Waals surface area contributed by atoms with Gasteiger partial charge in [0, 0.05) is 24.5 Å². The Kier molecular flexibility index (Phi) is 5.09. The molecule has 17 heavy (non-hydrogen) atoms. The molecule has 100 valence electrons. The Morgan fingerprint density at radius 3 is 2.59 bits per heavy atom. The van der Waals surface area contributed by atoms with Gasteiger partial charge < -0.3 is 14.6 Å². The van der Waals surface area contributed by atoms with Crippen LogP contribution >= 0.6 is 0 Å². The molecule has 0 radical (unpaired) electrons. The molecule has 0 spiro atoms. The van der Waals surface area contributed by atoms with Crippen LogP contribution < -0.4 is 4.72 Å². The first kappa shape index (κ1) is 14.6. The molecule has 1 aliphatic heterocycles. The lowest BCUT2D eigenvalue weighted by atomic mass is 10.1. The summed E-state index contributed by atoms with van der Waals surface area (Å²) < 4.78 is 14.8. The molecule has 1 rings (SSSR count). The number of hydrogen-bond acceptors (Lipinski definition) is 3. The van der Waals surface area contributed by atoms with Crippen molar-refractivity contribution >= 4 is 17.5 Å². The maximum atomic E-state index is 11.9. The highest BCUT2D eigenvalue weighted by atomic mass is 32.2. The Morgan fingerprint density at radius 1 is 1.41 bits per heavy atom. The largest absolute Gasteiger partial charge is 0.598 e. The molecule has 1 fully saturated rings. The number of hydrogen-bond donors (Lipinski definition) is 2. The Balaban J connectivity index is 2.44. The van der Waals surface area contributed by atoms with Gasteiger partial charge in [-0.2, -0.15) is 0 Å². The Hall–Kier alpha value is -0.460. The van der Waals surface area contributed by atoms with Crippen molar-refractivity contribution in [2.75, 3.05) is 13.1 Å². The summed E-state index contributed by atoms with van der Waals surface area (Å²) >= 11 is -1.08. The van der Waals surface area contributed by atoms with Crippen molar-refractivity contribution in [1.82, 2.24) is 9.62 Å². The summed E-state index contributed by atoms with van der Waals surface area (Å²) in [7, 11) is 0. The Labute approximate surface area is 106 Å². The van der Waals surface area contributed by atoms with E-state index in [-0.39, 0.29) is 10.8 Å². The highest BCUT2D eigenvalue weighted by Gasteiger charge is 2.30. The molecule has 1 aliphatic rings. The van der Waals surface area contributed by atoms with Gasteiger partial charge in [-0.05, 0) is 40.0 Å². The fourth-order valence-corrected chi connectivity index (χ4v) is 2.63. The van der Waals surface area contributed by atoms with E-state index in [1.807, 2.05) is 20.8 Å². The van der Waals surface area contributed by atoms with Crippen LogP contribution in [0.25, 0.3) is 0 Å². The van der Waals surface area contributed by atoms with Gasteiger partial charge in [-0.15, -0.1) is 4.72 Å². The summed E-state index contributed by atoms with van der Waals surface area (Å²) in [5, 5.41) is 8.91. The number of carboxylic acid groups (broad SMARTS) is 1. The number of nitrogens with zero attached hydrogens (tertiary/aromatic N) is 1. The molecule has 0 aromatic heterocycles. The van der Waals surface area contributed by atoms with E-state index in [1.54, 1.807) is 0 Å². The molecule has 6 heteroatoms. The van der Waals surface area contributed by atoms with E-state index in [9.17, 15) is 9.35 Å². The normalized spacial score (nSPS) is 24.2. The van der Waals surface area contributed by atoms with Crippen LogP contribution in [0.2, 0.25) is 0 Å². The van der Waals surface area contributed by atoms with Crippen LogP contribution in [0.3, 0.4) is 0 Å². The van der Waals surface area contributed by atoms with E-state index < -0.39 is 17.5 Å². The molecule has 0 saturated carbocycles. The minimum absolute atomic E-state index is 0.152. The minimum atomic E-state index is -1.08. The fraction of sp³-hybridized carbons (Fsp3) is 0.909. The van der Waals surface area contributed by atoms with Gasteiger partial charge in [0.25, 0.3) is 0 Å². The smallest absolute Gasteiger partial charge is 0.407 e. The van der Waals surface area contributed by atoms with Crippen LogP contribution in [-0.4, -0.2) is 44.5 Å². The third-order valence-electron chi connectivity index (χ3n) is 2.83. The Bertz CT molecular complexity index is 268. The standard InChI is InChI=1S/C11H22N2O3S/c1-11(2,3)17(16)12-9-5-4-7-13(8-6-9)10(14)15/h9,12H,4-8H2,1-3H3,(H,14,15)/t9-,17?/m0/s1. The number of rotatable bonds is 2. The maximum absolute atomic E-state index is 11.9. The van der Waals surface area contributed by atoms with Crippen molar-refractivity contribution < 1.29 is 14.5 Å². The minimum Gasteiger partial charge on any atom is -0.598 e. The fourth-order valence-electron chi connectivity index (χ4n) is 1.73. The lowest BCUT2D eigenvalue weighted by Crippen LogP contribution is -2.45. The highest BCUT2D eigenvalue weighted by molar-refractivity contribution is 7.90.